The highest BCUT2D eigenvalue weighted by Gasteiger charge is 2.19. The second-order valence-corrected chi connectivity index (χ2v) is 6.92. The number of phenols is 1. The number of hydrogen-bond donors (Lipinski definition) is 3. The van der Waals surface area contributed by atoms with E-state index in [0.29, 0.717) is 16.6 Å². The molecule has 4 aromatic rings. The third-order valence-electron chi connectivity index (χ3n) is 4.94. The molecule has 0 radical (unpaired) electrons. The molecule has 1 aromatic heterocycles. The van der Waals surface area contributed by atoms with Gasteiger partial charge < -0.3 is 15.3 Å². The number of aromatic hydroxyl groups is 2. The van der Waals surface area contributed by atoms with Crippen molar-refractivity contribution in [3.63, 3.8) is 0 Å². The first-order valence-corrected chi connectivity index (χ1v) is 9.42. The van der Waals surface area contributed by atoms with Crippen LogP contribution < -0.4 is 5.56 Å². The average molecular weight is 414 g/mol. The van der Waals surface area contributed by atoms with Crippen LogP contribution in [0, 0.1) is 0 Å². The summed E-state index contributed by atoms with van der Waals surface area (Å²) in [7, 11) is 0. The summed E-state index contributed by atoms with van der Waals surface area (Å²) in [5.41, 5.74) is 0.979. The van der Waals surface area contributed by atoms with Gasteiger partial charge in [0.2, 0.25) is 0 Å². The Morgan fingerprint density at radius 1 is 0.935 bits per heavy atom. The van der Waals surface area contributed by atoms with E-state index in [-0.39, 0.29) is 28.3 Å². The molecule has 0 unspecified atom stereocenters. The first-order valence-electron chi connectivity index (χ1n) is 9.42. The second-order valence-electron chi connectivity index (χ2n) is 6.92. The number of pyridine rings is 1. The number of benzene rings is 3. The quantitative estimate of drug-likeness (QED) is 0.433. The smallest absolute Gasteiger partial charge is 0.339 e. The van der Waals surface area contributed by atoms with Gasteiger partial charge in [-0.25, -0.2) is 4.79 Å². The van der Waals surface area contributed by atoms with E-state index in [1.807, 2.05) is 18.2 Å². The summed E-state index contributed by atoms with van der Waals surface area (Å²) in [6.07, 6.45) is 0. The van der Waals surface area contributed by atoms with Gasteiger partial charge in [0.15, 0.2) is 0 Å². The molecule has 3 aromatic carbocycles. The van der Waals surface area contributed by atoms with E-state index in [1.165, 1.54) is 22.8 Å². The molecular weight excluding hydrogens is 396 g/mol. The maximum Gasteiger partial charge on any atom is 0.339 e. The van der Waals surface area contributed by atoms with Crippen molar-refractivity contribution in [1.82, 2.24) is 4.57 Å². The summed E-state index contributed by atoms with van der Waals surface area (Å²) in [5, 5.41) is 30.4. The number of aromatic carboxylic acids is 1. The molecule has 0 bridgehead atoms. The summed E-state index contributed by atoms with van der Waals surface area (Å²) < 4.78 is 1.51. The minimum absolute atomic E-state index is 0.0179. The number of carbonyl (C=O) groups is 1. The van der Waals surface area contributed by atoms with Crippen molar-refractivity contribution < 1.29 is 20.1 Å². The summed E-state index contributed by atoms with van der Waals surface area (Å²) in [4.78, 5) is 28.9. The summed E-state index contributed by atoms with van der Waals surface area (Å²) in [6, 6.07) is 19.9. The summed E-state index contributed by atoms with van der Waals surface area (Å²) in [5.74, 6) is -1.89. The number of carboxylic acids is 1. The van der Waals surface area contributed by atoms with Crippen molar-refractivity contribution >= 4 is 28.3 Å². The van der Waals surface area contributed by atoms with E-state index in [1.54, 1.807) is 43.3 Å². The molecule has 0 atom stereocenters. The molecule has 7 nitrogen and oxygen atoms in total. The fourth-order valence-electron chi connectivity index (χ4n) is 3.51. The van der Waals surface area contributed by atoms with Crippen molar-refractivity contribution in [2.24, 2.45) is 4.99 Å². The third kappa shape index (κ3) is 3.53. The SMILES string of the molecule is CC(=Nc1ccc(C(=O)O)c(O)c1)c1c(O)c2ccccc2n(-c2ccccc2)c1=O. The van der Waals surface area contributed by atoms with Gasteiger partial charge in [-0.2, -0.15) is 0 Å². The van der Waals surface area contributed by atoms with Gasteiger partial charge in [0.25, 0.3) is 5.56 Å². The Hall–Kier alpha value is -4.39. The van der Waals surface area contributed by atoms with Crippen molar-refractivity contribution in [2.75, 3.05) is 0 Å². The number of para-hydroxylation sites is 2. The van der Waals surface area contributed by atoms with Gasteiger partial charge in [-0.3, -0.25) is 14.4 Å². The predicted octanol–water partition coefficient (Wildman–Crippen LogP) is 4.24. The summed E-state index contributed by atoms with van der Waals surface area (Å²) in [6.45, 7) is 1.57. The second kappa shape index (κ2) is 7.79. The first-order chi connectivity index (χ1) is 14.9. The monoisotopic (exact) mass is 414 g/mol. The molecule has 0 saturated carbocycles. The minimum atomic E-state index is -1.26. The maximum atomic E-state index is 13.4. The largest absolute Gasteiger partial charge is 0.507 e. The predicted molar refractivity (Wildman–Crippen MR) is 118 cm³/mol. The van der Waals surface area contributed by atoms with E-state index in [2.05, 4.69) is 4.99 Å². The topological polar surface area (TPSA) is 112 Å². The van der Waals surface area contributed by atoms with Gasteiger partial charge in [-0.1, -0.05) is 30.3 Å². The van der Waals surface area contributed by atoms with E-state index in [4.69, 9.17) is 5.11 Å². The normalized spacial score (nSPS) is 11.6. The molecule has 0 spiro atoms. The first kappa shape index (κ1) is 19.9. The molecule has 0 aliphatic carbocycles. The molecule has 0 amide bonds. The Balaban J connectivity index is 1.96. The zero-order valence-electron chi connectivity index (χ0n) is 16.5. The summed E-state index contributed by atoms with van der Waals surface area (Å²) >= 11 is 0. The Bertz CT molecular complexity index is 1410. The molecule has 0 fully saturated rings. The van der Waals surface area contributed by atoms with Crippen molar-refractivity contribution in [1.29, 1.82) is 0 Å². The Kier molecular flexibility index (Phi) is 5.00. The van der Waals surface area contributed by atoms with Crippen LogP contribution in [0.3, 0.4) is 0 Å². The van der Waals surface area contributed by atoms with E-state index >= 15 is 0 Å². The molecular formula is C24H18N2O5. The van der Waals surface area contributed by atoms with Crippen molar-refractivity contribution in [2.45, 2.75) is 6.92 Å². The fraction of sp³-hybridized carbons (Fsp3) is 0.0417. The number of hydrogen-bond acceptors (Lipinski definition) is 5. The number of nitrogens with zero attached hydrogens (tertiary/aromatic N) is 2. The lowest BCUT2D eigenvalue weighted by Gasteiger charge is -2.15. The van der Waals surface area contributed by atoms with Crippen LogP contribution in [-0.2, 0) is 0 Å². The number of rotatable bonds is 4. The Morgan fingerprint density at radius 2 is 1.61 bits per heavy atom. The lowest BCUT2D eigenvalue weighted by molar-refractivity contribution is 0.0694. The van der Waals surface area contributed by atoms with Crippen LogP contribution in [-0.4, -0.2) is 31.6 Å². The highest BCUT2D eigenvalue weighted by atomic mass is 16.4. The van der Waals surface area contributed by atoms with Crippen LogP contribution in [0.4, 0.5) is 5.69 Å². The molecule has 31 heavy (non-hydrogen) atoms. The zero-order chi connectivity index (χ0) is 22.1. The van der Waals surface area contributed by atoms with Gasteiger partial charge in [-0.15, -0.1) is 0 Å². The van der Waals surface area contributed by atoms with Crippen LogP contribution >= 0.6 is 0 Å². The Labute approximate surface area is 176 Å². The number of carboxylic acid groups (broad SMARTS) is 1. The molecule has 4 rings (SSSR count). The molecule has 154 valence electrons. The molecule has 1 heterocycles. The number of aromatic nitrogens is 1. The van der Waals surface area contributed by atoms with Crippen LogP contribution in [0.25, 0.3) is 16.6 Å². The van der Waals surface area contributed by atoms with Gasteiger partial charge in [0.1, 0.15) is 22.6 Å². The van der Waals surface area contributed by atoms with Gasteiger partial charge in [-0.05, 0) is 43.3 Å². The van der Waals surface area contributed by atoms with Crippen molar-refractivity contribution in [3.8, 4) is 17.2 Å². The van der Waals surface area contributed by atoms with Crippen LogP contribution in [0.2, 0.25) is 0 Å². The van der Waals surface area contributed by atoms with Crippen LogP contribution in [0.1, 0.15) is 22.8 Å². The van der Waals surface area contributed by atoms with E-state index in [9.17, 15) is 19.8 Å². The van der Waals surface area contributed by atoms with Crippen molar-refractivity contribution in [3.05, 3.63) is 94.3 Å². The minimum Gasteiger partial charge on any atom is -0.507 e. The molecule has 0 aliphatic rings. The molecule has 0 aliphatic heterocycles. The highest BCUT2D eigenvalue weighted by Crippen LogP contribution is 2.30. The lowest BCUT2D eigenvalue weighted by atomic mass is 10.1. The van der Waals surface area contributed by atoms with Gasteiger partial charge in [0.05, 0.1) is 16.9 Å². The number of fused-ring (bicyclic) bond motifs is 1. The fourth-order valence-corrected chi connectivity index (χ4v) is 3.51. The van der Waals surface area contributed by atoms with Crippen LogP contribution in [0.5, 0.6) is 11.5 Å². The van der Waals surface area contributed by atoms with Gasteiger partial charge >= 0.3 is 5.97 Å². The maximum absolute atomic E-state index is 13.4. The van der Waals surface area contributed by atoms with Gasteiger partial charge in [0, 0.05) is 17.1 Å². The average Bonchev–Trinajstić information content (AvgIpc) is 2.74. The third-order valence-corrected chi connectivity index (χ3v) is 4.94. The number of aliphatic imine (C=N–C) groups is 1. The Morgan fingerprint density at radius 3 is 2.29 bits per heavy atom. The zero-order valence-corrected chi connectivity index (χ0v) is 16.5. The molecule has 0 saturated heterocycles. The molecule has 7 heteroatoms. The molecule has 3 N–H and O–H groups in total. The lowest BCUT2D eigenvalue weighted by Crippen LogP contribution is -2.25. The van der Waals surface area contributed by atoms with E-state index in [0.717, 1.165) is 0 Å². The van der Waals surface area contributed by atoms with E-state index < -0.39 is 17.3 Å². The standard InChI is InChI=1S/C24H18N2O5/c1-14(25-15-11-12-18(24(30)31)20(27)13-15)21-22(28)17-9-5-6-10-19(17)26(23(21)29)16-7-3-2-4-8-16/h2-13,27-28H,1H3,(H,30,31). The van der Waals surface area contributed by atoms with Crippen LogP contribution in [0.15, 0.2) is 82.6 Å². The highest BCUT2D eigenvalue weighted by molar-refractivity contribution is 6.06.